The van der Waals surface area contributed by atoms with Crippen molar-refractivity contribution in [3.05, 3.63) is 35.5 Å². The van der Waals surface area contributed by atoms with Gasteiger partial charge in [0.2, 0.25) is 0 Å². The number of carbonyl (C=O) groups is 2. The van der Waals surface area contributed by atoms with E-state index in [0.29, 0.717) is 23.3 Å². The quantitative estimate of drug-likeness (QED) is 0.506. The first-order valence-electron chi connectivity index (χ1n) is 11.3. The third-order valence-corrected chi connectivity index (χ3v) is 8.13. The van der Waals surface area contributed by atoms with E-state index in [1.165, 1.54) is 0 Å². The summed E-state index contributed by atoms with van der Waals surface area (Å²) in [5, 5.41) is 10.3. The van der Waals surface area contributed by atoms with Crippen LogP contribution in [0.5, 0.6) is 0 Å². The summed E-state index contributed by atoms with van der Waals surface area (Å²) in [5.41, 5.74) is 1.04. The molecule has 7 atom stereocenters. The molecule has 1 N–H and O–H groups in total. The highest BCUT2D eigenvalue weighted by Gasteiger charge is 2.50. The molecule has 1 saturated carbocycles. The van der Waals surface area contributed by atoms with Crippen LogP contribution in [0.1, 0.15) is 60.3 Å². The zero-order valence-corrected chi connectivity index (χ0v) is 19.4. The van der Waals surface area contributed by atoms with Crippen LogP contribution in [-0.4, -0.2) is 36.0 Å². The predicted molar refractivity (Wildman–Crippen MR) is 119 cm³/mol. The molecule has 3 rings (SSSR count). The van der Waals surface area contributed by atoms with Crippen LogP contribution in [0.3, 0.4) is 0 Å². The minimum absolute atomic E-state index is 0.0981. The minimum Gasteiger partial charge on any atom is -0.387 e. The first-order chi connectivity index (χ1) is 14.0. The Labute approximate surface area is 181 Å². The number of ketones is 1. The van der Waals surface area contributed by atoms with Gasteiger partial charge in [-0.15, -0.1) is 0 Å². The largest absolute Gasteiger partial charge is 0.387 e. The lowest BCUT2D eigenvalue weighted by atomic mass is 9.63. The second-order valence-corrected chi connectivity index (χ2v) is 10.7. The highest BCUT2D eigenvalue weighted by molar-refractivity contribution is 6.01. The van der Waals surface area contributed by atoms with Gasteiger partial charge in [0.1, 0.15) is 12.4 Å². The van der Waals surface area contributed by atoms with E-state index in [2.05, 4.69) is 26.0 Å². The first kappa shape index (κ1) is 23.1. The lowest BCUT2D eigenvalue weighted by Gasteiger charge is -2.40. The molecule has 0 amide bonds. The Hall–Kier alpha value is -1.52. The van der Waals surface area contributed by atoms with Crippen LogP contribution >= 0.6 is 0 Å². The van der Waals surface area contributed by atoms with Crippen LogP contribution in [0.2, 0.25) is 0 Å². The summed E-state index contributed by atoms with van der Waals surface area (Å²) in [5.74, 6) is 1.31. The van der Waals surface area contributed by atoms with Gasteiger partial charge in [-0.2, -0.15) is 0 Å². The molecule has 0 aromatic rings. The van der Waals surface area contributed by atoms with E-state index in [1.807, 2.05) is 13.0 Å². The molecule has 0 saturated heterocycles. The Bertz CT molecular complexity index is 768. The van der Waals surface area contributed by atoms with Gasteiger partial charge in [-0.3, -0.25) is 9.59 Å². The normalized spacial score (nSPS) is 38.2. The van der Waals surface area contributed by atoms with Gasteiger partial charge in [0.05, 0.1) is 11.5 Å². The van der Waals surface area contributed by atoms with Gasteiger partial charge in [0, 0.05) is 7.11 Å². The number of allylic oxidation sites excluding steroid dienone is 5. The monoisotopic (exact) mass is 414 g/mol. The van der Waals surface area contributed by atoms with Gasteiger partial charge in [-0.05, 0) is 87.2 Å². The van der Waals surface area contributed by atoms with E-state index in [-0.39, 0.29) is 29.1 Å². The molecule has 0 heterocycles. The zero-order valence-electron chi connectivity index (χ0n) is 19.4. The maximum atomic E-state index is 12.6. The van der Waals surface area contributed by atoms with Crippen molar-refractivity contribution in [2.45, 2.75) is 72.0 Å². The van der Waals surface area contributed by atoms with Gasteiger partial charge in [0.25, 0.3) is 0 Å². The summed E-state index contributed by atoms with van der Waals surface area (Å²) < 4.78 is 5.47. The highest BCUT2D eigenvalue weighted by atomic mass is 16.5. The molecular weight excluding hydrogens is 376 g/mol. The van der Waals surface area contributed by atoms with Crippen molar-refractivity contribution in [1.29, 1.82) is 0 Å². The molecule has 0 aromatic carbocycles. The van der Waals surface area contributed by atoms with E-state index >= 15 is 0 Å². The van der Waals surface area contributed by atoms with Crippen LogP contribution < -0.4 is 0 Å². The Morgan fingerprint density at radius 1 is 1.33 bits per heavy atom. The van der Waals surface area contributed by atoms with Gasteiger partial charge in [-0.1, -0.05) is 37.6 Å². The van der Waals surface area contributed by atoms with Crippen LogP contribution in [-0.2, 0) is 14.3 Å². The second-order valence-electron chi connectivity index (χ2n) is 10.7. The fourth-order valence-corrected chi connectivity index (χ4v) is 6.33. The van der Waals surface area contributed by atoms with Crippen molar-refractivity contribution in [2.24, 2.45) is 35.0 Å². The lowest BCUT2D eigenvalue weighted by molar-refractivity contribution is -0.119. The predicted octanol–water partition coefficient (Wildman–Crippen LogP) is 4.68. The highest BCUT2D eigenvalue weighted by Crippen LogP contribution is 2.58. The summed E-state index contributed by atoms with van der Waals surface area (Å²) in [4.78, 5) is 24.4. The Kier molecular flexibility index (Phi) is 6.60. The number of methoxy groups -OCH3 is 1. The molecule has 0 aliphatic heterocycles. The van der Waals surface area contributed by atoms with Gasteiger partial charge in [-0.25, -0.2) is 0 Å². The number of ether oxygens (including phenoxy) is 1. The molecule has 4 nitrogen and oxygen atoms in total. The number of aldehydes is 1. The Morgan fingerprint density at radius 2 is 2.03 bits per heavy atom. The number of hydrogen-bond donors (Lipinski definition) is 1. The lowest BCUT2D eigenvalue weighted by Crippen LogP contribution is -2.36. The standard InChI is InChI=1S/C26H38O4/c1-16(7-10-23(30-6)25(3,4)29)19-11-12-26(5)14-20-17(2)13-22(28)24(20)18(15-27)8-9-21(19)26/h7-8,10,13,15-16,19-21,23-24,29H,9,11-12,14H2,1-6H3/b10-7-,18-8-/t16-,19+,20+,21-,23?,24-,26+/m0/s1. The van der Waals surface area contributed by atoms with E-state index in [4.69, 9.17) is 4.74 Å². The van der Waals surface area contributed by atoms with Gasteiger partial charge in [0.15, 0.2) is 5.78 Å². The molecule has 166 valence electrons. The first-order valence-corrected chi connectivity index (χ1v) is 11.3. The van der Waals surface area contributed by atoms with Crippen LogP contribution in [0.15, 0.2) is 35.5 Å². The molecule has 30 heavy (non-hydrogen) atoms. The number of rotatable bonds is 6. The second kappa shape index (κ2) is 8.55. The van der Waals surface area contributed by atoms with Gasteiger partial charge >= 0.3 is 0 Å². The van der Waals surface area contributed by atoms with E-state index in [1.54, 1.807) is 27.0 Å². The topological polar surface area (TPSA) is 63.6 Å². The third kappa shape index (κ3) is 4.27. The fourth-order valence-electron chi connectivity index (χ4n) is 6.33. The molecule has 3 aliphatic carbocycles. The summed E-state index contributed by atoms with van der Waals surface area (Å²) in [7, 11) is 1.62. The number of fused-ring (bicyclic) bond motifs is 2. The van der Waals surface area contributed by atoms with Crippen molar-refractivity contribution in [2.75, 3.05) is 7.11 Å². The Morgan fingerprint density at radius 3 is 2.63 bits per heavy atom. The number of hydrogen-bond acceptors (Lipinski definition) is 4. The summed E-state index contributed by atoms with van der Waals surface area (Å²) in [6.45, 7) is 10.2. The summed E-state index contributed by atoms with van der Waals surface area (Å²) >= 11 is 0. The van der Waals surface area contributed by atoms with E-state index in [0.717, 1.165) is 37.5 Å². The molecule has 1 unspecified atom stereocenters. The van der Waals surface area contributed by atoms with Crippen LogP contribution in [0.25, 0.3) is 0 Å². The van der Waals surface area contributed by atoms with E-state index in [9.17, 15) is 14.7 Å². The number of aliphatic hydroxyl groups is 1. The van der Waals surface area contributed by atoms with E-state index < -0.39 is 5.60 Å². The molecule has 3 aliphatic rings. The van der Waals surface area contributed by atoms with Gasteiger partial charge < -0.3 is 9.84 Å². The molecule has 0 spiro atoms. The van der Waals surface area contributed by atoms with Crippen molar-refractivity contribution >= 4 is 12.1 Å². The maximum absolute atomic E-state index is 12.6. The smallest absolute Gasteiger partial charge is 0.163 e. The molecule has 0 aromatic heterocycles. The summed E-state index contributed by atoms with van der Waals surface area (Å²) in [6, 6.07) is 0. The van der Waals surface area contributed by atoms with Crippen molar-refractivity contribution < 1.29 is 19.4 Å². The van der Waals surface area contributed by atoms with Crippen molar-refractivity contribution in [1.82, 2.24) is 0 Å². The van der Waals surface area contributed by atoms with Crippen LogP contribution in [0.4, 0.5) is 0 Å². The molecule has 0 bridgehead atoms. The SMILES string of the molecule is COC(/C=C\[C@H](C)[C@H]1CC[C@]2(C)C[C@@H]3C(C)=CC(=O)[C@H]3/C(C=O)=C\C[C@@H]12)C(C)(C)O. The zero-order chi connectivity index (χ0) is 22.3. The fraction of sp³-hybridized carbons (Fsp3) is 0.692. The maximum Gasteiger partial charge on any atom is 0.163 e. The molecule has 1 fully saturated rings. The Balaban J connectivity index is 1.86. The number of carbonyl (C=O) groups excluding carboxylic acids is 2. The molecular formula is C26H38O4. The van der Waals surface area contributed by atoms with Crippen LogP contribution in [0, 0.1) is 35.0 Å². The average molecular weight is 415 g/mol. The van der Waals surface area contributed by atoms with Crippen molar-refractivity contribution in [3.63, 3.8) is 0 Å². The molecule has 0 radical (unpaired) electrons. The minimum atomic E-state index is -0.926. The average Bonchev–Trinajstić information content (AvgIpc) is 3.10. The summed E-state index contributed by atoms with van der Waals surface area (Å²) in [6.07, 6.45) is 12.7. The molecule has 4 heteroatoms. The third-order valence-electron chi connectivity index (χ3n) is 8.13. The van der Waals surface area contributed by atoms with Crippen molar-refractivity contribution in [3.8, 4) is 0 Å².